The first-order chi connectivity index (χ1) is 12.0. The van der Waals surface area contributed by atoms with Gasteiger partial charge < -0.3 is 10.1 Å². The molecule has 0 saturated heterocycles. The summed E-state index contributed by atoms with van der Waals surface area (Å²) in [5.41, 5.74) is 0.829. The highest BCUT2D eigenvalue weighted by Gasteiger charge is 2.19. The van der Waals surface area contributed by atoms with Crippen molar-refractivity contribution in [2.45, 2.75) is 26.1 Å². The molecule has 10 heteroatoms. The molecule has 25 heavy (non-hydrogen) atoms. The number of rotatable bonds is 7. The molecule has 0 radical (unpaired) electrons. The highest BCUT2D eigenvalue weighted by molar-refractivity contribution is 7.15. The Balaban J connectivity index is 1.95. The molecular weight excluding hydrogens is 366 g/mol. The Labute approximate surface area is 153 Å². The average molecular weight is 384 g/mol. The molecule has 0 fully saturated rings. The van der Waals surface area contributed by atoms with Gasteiger partial charge in [-0.2, -0.15) is 0 Å². The molecular formula is C15H18ClN5O3S. The molecule has 0 aliphatic rings. The molecule has 2 rings (SSSR count). The molecule has 1 atom stereocenters. The summed E-state index contributed by atoms with van der Waals surface area (Å²) in [6, 6.07) is 7.28. The Morgan fingerprint density at radius 3 is 2.72 bits per heavy atom. The number of aromatic nitrogens is 2. The number of carbonyl (C=O) groups is 2. The molecule has 0 bridgehead atoms. The zero-order valence-electron chi connectivity index (χ0n) is 13.7. The summed E-state index contributed by atoms with van der Waals surface area (Å²) in [6.45, 7) is 2.11. The number of nitrogens with one attached hydrogen (secondary N) is 3. The van der Waals surface area contributed by atoms with Gasteiger partial charge in [0, 0.05) is 18.6 Å². The second-order valence-electron chi connectivity index (χ2n) is 4.99. The SMILES string of the molecule is CNC(=O)CC(NCc1ccccc1Cl)OC(=O)Nc1nnc(C)s1. The quantitative estimate of drug-likeness (QED) is 0.633. The van der Waals surface area contributed by atoms with E-state index in [1.54, 1.807) is 13.0 Å². The smallest absolute Gasteiger partial charge is 0.415 e. The second-order valence-corrected chi connectivity index (χ2v) is 6.58. The summed E-state index contributed by atoms with van der Waals surface area (Å²) in [5, 5.41) is 17.2. The fourth-order valence-corrected chi connectivity index (χ4v) is 2.66. The lowest BCUT2D eigenvalue weighted by Gasteiger charge is -2.19. The topological polar surface area (TPSA) is 105 Å². The summed E-state index contributed by atoms with van der Waals surface area (Å²) in [4.78, 5) is 23.6. The van der Waals surface area contributed by atoms with Crippen LogP contribution in [0.5, 0.6) is 0 Å². The van der Waals surface area contributed by atoms with Crippen LogP contribution < -0.4 is 16.0 Å². The summed E-state index contributed by atoms with van der Waals surface area (Å²) < 4.78 is 5.27. The van der Waals surface area contributed by atoms with Gasteiger partial charge in [0.2, 0.25) is 11.0 Å². The fourth-order valence-electron chi connectivity index (χ4n) is 1.88. The maximum absolute atomic E-state index is 12.0. The molecule has 2 amide bonds. The monoisotopic (exact) mass is 383 g/mol. The van der Waals surface area contributed by atoms with Crippen molar-refractivity contribution in [1.82, 2.24) is 20.8 Å². The van der Waals surface area contributed by atoms with Crippen LogP contribution in [0.2, 0.25) is 5.02 Å². The molecule has 3 N–H and O–H groups in total. The number of halogens is 1. The van der Waals surface area contributed by atoms with Crippen molar-refractivity contribution in [2.75, 3.05) is 12.4 Å². The van der Waals surface area contributed by atoms with E-state index in [1.807, 2.05) is 18.2 Å². The number of benzene rings is 1. The van der Waals surface area contributed by atoms with Crippen LogP contribution >= 0.6 is 22.9 Å². The minimum Gasteiger partial charge on any atom is -0.430 e. The van der Waals surface area contributed by atoms with Crippen LogP contribution in [-0.2, 0) is 16.1 Å². The minimum atomic E-state index is -0.828. The first kappa shape index (κ1) is 19.1. The Morgan fingerprint density at radius 2 is 2.08 bits per heavy atom. The number of anilines is 1. The van der Waals surface area contributed by atoms with Gasteiger partial charge in [0.15, 0.2) is 6.23 Å². The predicted octanol–water partition coefficient (Wildman–Crippen LogP) is 2.30. The van der Waals surface area contributed by atoms with Crippen LogP contribution in [0.3, 0.4) is 0 Å². The Morgan fingerprint density at radius 1 is 1.32 bits per heavy atom. The van der Waals surface area contributed by atoms with Crippen LogP contribution in [0.25, 0.3) is 0 Å². The van der Waals surface area contributed by atoms with Crippen LogP contribution in [0, 0.1) is 6.92 Å². The maximum Gasteiger partial charge on any atom is 0.415 e. The molecule has 8 nitrogen and oxygen atoms in total. The van der Waals surface area contributed by atoms with Crippen molar-refractivity contribution < 1.29 is 14.3 Å². The number of amides is 2. The van der Waals surface area contributed by atoms with E-state index in [2.05, 4.69) is 26.1 Å². The molecule has 134 valence electrons. The first-order valence-electron chi connectivity index (χ1n) is 7.43. The largest absolute Gasteiger partial charge is 0.430 e. The molecule has 0 saturated carbocycles. The van der Waals surface area contributed by atoms with E-state index in [4.69, 9.17) is 16.3 Å². The number of ether oxygens (including phenoxy) is 1. The van der Waals surface area contributed by atoms with E-state index in [0.29, 0.717) is 21.7 Å². The average Bonchev–Trinajstić information content (AvgIpc) is 2.98. The standard InChI is InChI=1S/C15H18ClN5O3S/c1-9-20-21-14(25-9)19-15(23)24-13(7-12(22)17-2)18-8-10-5-3-4-6-11(10)16/h3-6,13,18H,7-8H2,1-2H3,(H,17,22)(H,19,21,23). The molecule has 2 aromatic rings. The summed E-state index contributed by atoms with van der Waals surface area (Å²) in [5.74, 6) is -0.267. The van der Waals surface area contributed by atoms with E-state index in [9.17, 15) is 9.59 Å². The van der Waals surface area contributed by atoms with Crippen molar-refractivity contribution in [3.8, 4) is 0 Å². The Bertz CT molecular complexity index is 739. The van der Waals surface area contributed by atoms with E-state index < -0.39 is 12.3 Å². The van der Waals surface area contributed by atoms with Crippen molar-refractivity contribution in [3.05, 3.63) is 39.9 Å². The zero-order valence-corrected chi connectivity index (χ0v) is 15.3. The van der Waals surface area contributed by atoms with Gasteiger partial charge in [-0.25, -0.2) is 4.79 Å². The molecule has 1 aromatic carbocycles. The van der Waals surface area contributed by atoms with Gasteiger partial charge in [-0.1, -0.05) is 41.1 Å². The number of nitrogens with zero attached hydrogens (tertiary/aromatic N) is 2. The lowest BCUT2D eigenvalue weighted by Crippen LogP contribution is -2.39. The molecule has 1 aromatic heterocycles. The number of aryl methyl sites for hydroxylation is 1. The molecule has 1 heterocycles. The number of hydrogen-bond donors (Lipinski definition) is 3. The van der Waals surface area contributed by atoms with Gasteiger partial charge in [0.25, 0.3) is 0 Å². The van der Waals surface area contributed by atoms with Gasteiger partial charge >= 0.3 is 6.09 Å². The van der Waals surface area contributed by atoms with Gasteiger partial charge in [0.05, 0.1) is 6.42 Å². The third-order valence-electron chi connectivity index (χ3n) is 3.11. The van der Waals surface area contributed by atoms with Crippen LogP contribution in [0.1, 0.15) is 17.0 Å². The van der Waals surface area contributed by atoms with Gasteiger partial charge in [-0.05, 0) is 18.6 Å². The molecule has 0 spiro atoms. The predicted molar refractivity (Wildman–Crippen MR) is 95.5 cm³/mol. The van der Waals surface area contributed by atoms with E-state index >= 15 is 0 Å². The normalized spacial score (nSPS) is 11.6. The van der Waals surface area contributed by atoms with Crippen molar-refractivity contribution in [2.24, 2.45) is 0 Å². The highest BCUT2D eigenvalue weighted by atomic mass is 35.5. The van der Waals surface area contributed by atoms with Crippen molar-refractivity contribution >= 4 is 40.1 Å². The lowest BCUT2D eigenvalue weighted by molar-refractivity contribution is -0.122. The zero-order chi connectivity index (χ0) is 18.2. The van der Waals surface area contributed by atoms with Crippen molar-refractivity contribution in [3.63, 3.8) is 0 Å². The lowest BCUT2D eigenvalue weighted by atomic mass is 10.2. The fraction of sp³-hybridized carbons (Fsp3) is 0.333. The summed E-state index contributed by atoms with van der Waals surface area (Å²) in [6.07, 6.45) is -1.59. The maximum atomic E-state index is 12.0. The van der Waals surface area contributed by atoms with E-state index in [-0.39, 0.29) is 12.3 Å². The highest BCUT2D eigenvalue weighted by Crippen LogP contribution is 2.16. The molecule has 0 aliphatic carbocycles. The molecule has 1 unspecified atom stereocenters. The third-order valence-corrected chi connectivity index (χ3v) is 4.23. The third kappa shape index (κ3) is 6.29. The number of hydrogen-bond acceptors (Lipinski definition) is 7. The first-order valence-corrected chi connectivity index (χ1v) is 8.62. The number of carbonyl (C=O) groups excluding carboxylic acids is 2. The van der Waals surface area contributed by atoms with Crippen LogP contribution in [0.15, 0.2) is 24.3 Å². The van der Waals surface area contributed by atoms with E-state index in [0.717, 1.165) is 5.56 Å². The van der Waals surface area contributed by atoms with Crippen LogP contribution in [0.4, 0.5) is 9.93 Å². The van der Waals surface area contributed by atoms with Gasteiger partial charge in [-0.15, -0.1) is 10.2 Å². The molecule has 0 aliphatic heterocycles. The second kappa shape index (κ2) is 9.30. The summed E-state index contributed by atoms with van der Waals surface area (Å²) in [7, 11) is 1.51. The van der Waals surface area contributed by atoms with E-state index in [1.165, 1.54) is 18.4 Å². The Kier molecular flexibility index (Phi) is 7.11. The van der Waals surface area contributed by atoms with Gasteiger partial charge in [-0.3, -0.25) is 15.4 Å². The van der Waals surface area contributed by atoms with Crippen LogP contribution in [-0.4, -0.2) is 35.5 Å². The minimum absolute atomic E-state index is 0.0382. The van der Waals surface area contributed by atoms with Crippen molar-refractivity contribution in [1.29, 1.82) is 0 Å². The Hall–Kier alpha value is -2.23. The van der Waals surface area contributed by atoms with Gasteiger partial charge in [0.1, 0.15) is 5.01 Å². The summed E-state index contributed by atoms with van der Waals surface area (Å²) >= 11 is 7.33.